The zero-order chi connectivity index (χ0) is 20.5. The Bertz CT molecular complexity index is 768. The first-order chi connectivity index (χ1) is 13.4. The first-order valence-corrected chi connectivity index (χ1v) is 9.99. The summed E-state index contributed by atoms with van der Waals surface area (Å²) in [5.74, 6) is 3.22. The van der Waals surface area contributed by atoms with E-state index in [1.54, 1.807) is 7.05 Å². The Labute approximate surface area is 191 Å². The number of benzene rings is 1. The Hall–Kier alpha value is -1.77. The van der Waals surface area contributed by atoms with Crippen molar-refractivity contribution in [3.63, 3.8) is 0 Å². The molecule has 1 heterocycles. The van der Waals surface area contributed by atoms with Crippen LogP contribution < -0.4 is 15.4 Å². The van der Waals surface area contributed by atoms with Crippen molar-refractivity contribution >= 4 is 29.9 Å². The van der Waals surface area contributed by atoms with Crippen LogP contribution in [0.4, 0.5) is 0 Å². The summed E-state index contributed by atoms with van der Waals surface area (Å²) in [6.45, 7) is 12.6. The third kappa shape index (κ3) is 8.24. The Morgan fingerprint density at radius 2 is 1.97 bits per heavy atom. The van der Waals surface area contributed by atoms with E-state index in [0.717, 1.165) is 60.3 Å². The van der Waals surface area contributed by atoms with Gasteiger partial charge in [0.15, 0.2) is 5.96 Å². The molecular weight excluding hydrogens is 479 g/mol. The number of halogens is 1. The van der Waals surface area contributed by atoms with E-state index in [-0.39, 0.29) is 24.0 Å². The predicted octanol–water partition coefficient (Wildman–Crippen LogP) is 4.55. The number of guanidine groups is 1. The normalized spacial score (nSPS) is 11.3. The molecule has 0 aliphatic carbocycles. The summed E-state index contributed by atoms with van der Waals surface area (Å²) in [6, 6.07) is 6.33. The van der Waals surface area contributed by atoms with Crippen LogP contribution in [0.2, 0.25) is 0 Å². The molecule has 29 heavy (non-hydrogen) atoms. The molecule has 0 spiro atoms. The van der Waals surface area contributed by atoms with Crippen LogP contribution in [0.25, 0.3) is 0 Å². The van der Waals surface area contributed by atoms with Crippen molar-refractivity contribution in [1.29, 1.82) is 0 Å². The summed E-state index contributed by atoms with van der Waals surface area (Å²) in [5.41, 5.74) is 4.43. The lowest BCUT2D eigenvalue weighted by Gasteiger charge is -2.16. The number of rotatable bonds is 9. The molecule has 1 aromatic carbocycles. The van der Waals surface area contributed by atoms with Crippen LogP contribution in [0.1, 0.15) is 48.4 Å². The van der Waals surface area contributed by atoms with Crippen molar-refractivity contribution in [2.75, 3.05) is 20.2 Å². The first-order valence-electron chi connectivity index (χ1n) is 9.99. The Kier molecular flexibility index (Phi) is 11.1. The molecule has 0 fully saturated rings. The maximum Gasteiger partial charge on any atom is 0.191 e. The second-order valence-electron chi connectivity index (χ2n) is 7.55. The molecule has 162 valence electrons. The number of nitrogens with one attached hydrogen (secondary N) is 2. The van der Waals surface area contributed by atoms with Gasteiger partial charge in [-0.05, 0) is 51.2 Å². The molecule has 0 radical (unpaired) electrons. The molecule has 1 aromatic heterocycles. The maximum absolute atomic E-state index is 6.03. The number of nitrogens with zero attached hydrogens (tertiary/aromatic N) is 2. The van der Waals surface area contributed by atoms with Crippen molar-refractivity contribution in [3.05, 3.63) is 46.3 Å². The van der Waals surface area contributed by atoms with E-state index in [4.69, 9.17) is 9.26 Å². The third-order valence-corrected chi connectivity index (χ3v) is 4.69. The Balaban J connectivity index is 0.00000420. The summed E-state index contributed by atoms with van der Waals surface area (Å²) >= 11 is 0. The molecule has 0 aliphatic heterocycles. The van der Waals surface area contributed by atoms with Crippen LogP contribution >= 0.6 is 24.0 Å². The van der Waals surface area contributed by atoms with Gasteiger partial charge in [0, 0.05) is 31.3 Å². The van der Waals surface area contributed by atoms with Crippen LogP contribution in [0, 0.1) is 26.7 Å². The van der Waals surface area contributed by atoms with Gasteiger partial charge in [-0.15, -0.1) is 24.0 Å². The van der Waals surface area contributed by atoms with E-state index in [1.165, 1.54) is 5.56 Å². The lowest BCUT2D eigenvalue weighted by molar-refractivity contribution is 0.286. The van der Waals surface area contributed by atoms with Crippen molar-refractivity contribution in [2.45, 2.75) is 54.0 Å². The lowest BCUT2D eigenvalue weighted by Crippen LogP contribution is -2.38. The molecule has 0 saturated carbocycles. The number of hydrogen-bond donors (Lipinski definition) is 2. The minimum absolute atomic E-state index is 0. The smallest absolute Gasteiger partial charge is 0.191 e. The predicted molar refractivity (Wildman–Crippen MR) is 129 cm³/mol. The van der Waals surface area contributed by atoms with Gasteiger partial charge in [-0.1, -0.05) is 31.1 Å². The molecule has 0 atom stereocenters. The van der Waals surface area contributed by atoms with Gasteiger partial charge in [0.1, 0.15) is 11.5 Å². The molecule has 2 N–H and O–H groups in total. The summed E-state index contributed by atoms with van der Waals surface area (Å²) in [4.78, 5) is 4.31. The van der Waals surface area contributed by atoms with E-state index >= 15 is 0 Å². The lowest BCUT2D eigenvalue weighted by atomic mass is 10.1. The van der Waals surface area contributed by atoms with Gasteiger partial charge in [0.25, 0.3) is 0 Å². The van der Waals surface area contributed by atoms with E-state index in [0.29, 0.717) is 12.5 Å². The Morgan fingerprint density at radius 3 is 2.59 bits per heavy atom. The SMILES string of the molecule is CN=C(NCCc1c(C)noc1C)NCc1ccc(C)cc1OCCC(C)C.I. The fourth-order valence-corrected chi connectivity index (χ4v) is 2.91. The summed E-state index contributed by atoms with van der Waals surface area (Å²) in [5, 5.41) is 10.7. The van der Waals surface area contributed by atoms with Crippen molar-refractivity contribution in [1.82, 2.24) is 15.8 Å². The fraction of sp³-hybridized carbons (Fsp3) is 0.545. The molecule has 2 aromatic rings. The molecular formula is C22H35IN4O2. The standard InChI is InChI=1S/C22H34N4O2.HI/c1-15(2)10-12-27-21-13-16(3)7-8-19(21)14-25-22(23-6)24-11-9-20-17(4)26-28-18(20)5;/h7-8,13,15H,9-12,14H2,1-6H3,(H2,23,24,25);1H. The van der Waals surface area contributed by atoms with Crippen molar-refractivity contribution in [3.8, 4) is 5.75 Å². The molecule has 0 unspecified atom stereocenters. The topological polar surface area (TPSA) is 71.7 Å². The first kappa shape index (κ1) is 25.3. The van der Waals surface area contributed by atoms with Crippen LogP contribution in [0.15, 0.2) is 27.7 Å². The van der Waals surface area contributed by atoms with Crippen LogP contribution in [0.3, 0.4) is 0 Å². The zero-order valence-electron chi connectivity index (χ0n) is 18.5. The van der Waals surface area contributed by atoms with E-state index in [1.807, 2.05) is 13.8 Å². The van der Waals surface area contributed by atoms with Gasteiger partial charge >= 0.3 is 0 Å². The second kappa shape index (κ2) is 12.7. The molecule has 7 heteroatoms. The van der Waals surface area contributed by atoms with Crippen molar-refractivity contribution < 1.29 is 9.26 Å². The number of aliphatic imine (C=N–C) groups is 1. The van der Waals surface area contributed by atoms with Gasteiger partial charge in [0.05, 0.1) is 12.3 Å². The van der Waals surface area contributed by atoms with Gasteiger partial charge in [-0.3, -0.25) is 4.99 Å². The van der Waals surface area contributed by atoms with Gasteiger partial charge < -0.3 is 19.9 Å². The second-order valence-corrected chi connectivity index (χ2v) is 7.55. The van der Waals surface area contributed by atoms with E-state index < -0.39 is 0 Å². The fourth-order valence-electron chi connectivity index (χ4n) is 2.91. The maximum atomic E-state index is 6.03. The summed E-state index contributed by atoms with van der Waals surface area (Å²) in [7, 11) is 1.78. The van der Waals surface area contributed by atoms with Gasteiger partial charge in [-0.2, -0.15) is 0 Å². The van der Waals surface area contributed by atoms with Crippen LogP contribution in [-0.4, -0.2) is 31.3 Å². The number of ether oxygens (including phenoxy) is 1. The minimum atomic E-state index is 0. The molecule has 0 saturated heterocycles. The van der Waals surface area contributed by atoms with Gasteiger partial charge in [-0.25, -0.2) is 0 Å². The van der Waals surface area contributed by atoms with E-state index in [2.05, 4.69) is 59.8 Å². The molecule has 0 bridgehead atoms. The molecule has 0 aliphatic rings. The average molecular weight is 514 g/mol. The monoisotopic (exact) mass is 514 g/mol. The number of aryl methyl sites for hydroxylation is 3. The highest BCUT2D eigenvalue weighted by molar-refractivity contribution is 14.0. The Morgan fingerprint density at radius 1 is 1.21 bits per heavy atom. The summed E-state index contributed by atoms with van der Waals surface area (Å²) < 4.78 is 11.3. The number of hydrogen-bond acceptors (Lipinski definition) is 4. The van der Waals surface area contributed by atoms with E-state index in [9.17, 15) is 0 Å². The highest BCUT2D eigenvalue weighted by Gasteiger charge is 2.10. The average Bonchev–Trinajstić information content (AvgIpc) is 2.97. The minimum Gasteiger partial charge on any atom is -0.493 e. The third-order valence-electron chi connectivity index (χ3n) is 4.69. The molecule has 2 rings (SSSR count). The number of aromatic nitrogens is 1. The highest BCUT2D eigenvalue weighted by atomic mass is 127. The zero-order valence-corrected chi connectivity index (χ0v) is 20.8. The molecule has 6 nitrogen and oxygen atoms in total. The quantitative estimate of drug-likeness (QED) is 0.292. The van der Waals surface area contributed by atoms with Crippen LogP contribution in [-0.2, 0) is 13.0 Å². The highest BCUT2D eigenvalue weighted by Crippen LogP contribution is 2.21. The van der Waals surface area contributed by atoms with Crippen LogP contribution in [0.5, 0.6) is 5.75 Å². The summed E-state index contributed by atoms with van der Waals surface area (Å²) in [6.07, 6.45) is 1.89. The van der Waals surface area contributed by atoms with Gasteiger partial charge in [0.2, 0.25) is 0 Å². The largest absolute Gasteiger partial charge is 0.493 e. The molecule has 0 amide bonds. The van der Waals surface area contributed by atoms with Crippen molar-refractivity contribution in [2.24, 2.45) is 10.9 Å².